The fourth-order valence-electron chi connectivity index (χ4n) is 1.58. The van der Waals surface area contributed by atoms with Crippen LogP contribution in [0.25, 0.3) is 0 Å². The van der Waals surface area contributed by atoms with Crippen LogP contribution in [0, 0.1) is 0 Å². The molecule has 1 fully saturated rings. The topological polar surface area (TPSA) is 107 Å². The Morgan fingerprint density at radius 3 is 2.38 bits per heavy atom. The molecular formula is C9H15NO6. The largest absolute Gasteiger partial charge is 0.479 e. The molecule has 1 rings (SSSR count). The van der Waals surface area contributed by atoms with Gasteiger partial charge >= 0.3 is 11.9 Å². The number of hydroxylamine groups is 2. The number of aliphatic hydroxyl groups is 1. The molecule has 7 heteroatoms. The van der Waals surface area contributed by atoms with Gasteiger partial charge in [-0.3, -0.25) is 4.84 Å². The molecule has 0 radical (unpaired) electrons. The van der Waals surface area contributed by atoms with Crippen molar-refractivity contribution in [2.75, 3.05) is 6.54 Å². The van der Waals surface area contributed by atoms with Crippen molar-refractivity contribution in [2.45, 2.75) is 38.0 Å². The Hall–Kier alpha value is -1.18. The molecule has 0 aromatic rings. The molecule has 1 aliphatic rings. The van der Waals surface area contributed by atoms with Gasteiger partial charge in [0.1, 0.15) is 0 Å². The first-order valence-electron chi connectivity index (χ1n) is 5.00. The predicted molar refractivity (Wildman–Crippen MR) is 51.6 cm³/mol. The summed E-state index contributed by atoms with van der Waals surface area (Å²) in [5.74, 6) is -3.10. The Bertz CT molecular complexity index is 281. The molecule has 3 N–H and O–H groups in total. The summed E-state index contributed by atoms with van der Waals surface area (Å²) in [6.07, 6.45) is -2.12. The Morgan fingerprint density at radius 1 is 1.38 bits per heavy atom. The molecule has 16 heavy (non-hydrogen) atoms. The lowest BCUT2D eigenvalue weighted by molar-refractivity contribution is -0.234. The molecule has 0 amide bonds. The van der Waals surface area contributed by atoms with Crippen LogP contribution in [0.2, 0.25) is 0 Å². The highest BCUT2D eigenvalue weighted by molar-refractivity contribution is 5.83. The molecule has 0 aliphatic carbocycles. The van der Waals surface area contributed by atoms with Crippen molar-refractivity contribution < 1.29 is 29.7 Å². The Kier molecular flexibility index (Phi) is 4.22. The minimum Gasteiger partial charge on any atom is -0.479 e. The smallest absolute Gasteiger partial charge is 0.338 e. The number of hydrogen-bond donors (Lipinski definition) is 3. The highest BCUT2D eigenvalue weighted by atomic mass is 16.7. The van der Waals surface area contributed by atoms with Crippen LogP contribution in [0.15, 0.2) is 0 Å². The van der Waals surface area contributed by atoms with Gasteiger partial charge in [0, 0.05) is 12.6 Å². The summed E-state index contributed by atoms with van der Waals surface area (Å²) in [6.45, 7) is 2.39. The average Bonchev–Trinajstić information content (AvgIpc) is 2.59. The van der Waals surface area contributed by atoms with Gasteiger partial charge in [0.15, 0.2) is 6.10 Å². The zero-order chi connectivity index (χ0) is 12.3. The number of hydrogen-bond acceptors (Lipinski definition) is 5. The SMILES string of the molecule is C[C@@H]1CCCN1OC(C(=O)O)C(O)C(=O)O. The number of carboxylic acids is 2. The third kappa shape index (κ3) is 2.91. The number of rotatable bonds is 5. The molecule has 1 heterocycles. The van der Waals surface area contributed by atoms with E-state index < -0.39 is 24.1 Å². The molecule has 3 atom stereocenters. The summed E-state index contributed by atoms with van der Waals surface area (Å²) < 4.78 is 0. The number of carboxylic acid groups (broad SMARTS) is 2. The summed E-state index contributed by atoms with van der Waals surface area (Å²) in [7, 11) is 0. The monoisotopic (exact) mass is 233 g/mol. The molecule has 7 nitrogen and oxygen atoms in total. The van der Waals surface area contributed by atoms with Crippen molar-refractivity contribution in [2.24, 2.45) is 0 Å². The van der Waals surface area contributed by atoms with Gasteiger partial charge in [-0.1, -0.05) is 0 Å². The molecule has 0 bridgehead atoms. The summed E-state index contributed by atoms with van der Waals surface area (Å²) in [4.78, 5) is 26.3. The van der Waals surface area contributed by atoms with Gasteiger partial charge in [0.25, 0.3) is 0 Å². The van der Waals surface area contributed by atoms with E-state index in [2.05, 4.69) is 0 Å². The van der Waals surface area contributed by atoms with Gasteiger partial charge in [-0.2, -0.15) is 5.06 Å². The van der Waals surface area contributed by atoms with E-state index in [4.69, 9.17) is 15.1 Å². The number of nitrogens with zero attached hydrogens (tertiary/aromatic N) is 1. The molecule has 0 aromatic heterocycles. The van der Waals surface area contributed by atoms with Gasteiger partial charge < -0.3 is 15.3 Å². The van der Waals surface area contributed by atoms with Crippen LogP contribution in [0.4, 0.5) is 0 Å². The van der Waals surface area contributed by atoms with E-state index in [1.54, 1.807) is 0 Å². The predicted octanol–water partition coefficient (Wildman–Crippen LogP) is -0.699. The third-order valence-electron chi connectivity index (χ3n) is 2.52. The molecule has 0 spiro atoms. The standard InChI is InChI=1S/C9H15NO6/c1-5-3-2-4-10(5)16-7(9(14)15)6(11)8(12)13/h5-7,11H,2-4H2,1H3,(H,12,13)(H,14,15)/t5-,6?,7?/m1/s1. The van der Waals surface area contributed by atoms with Gasteiger partial charge in [-0.25, -0.2) is 9.59 Å². The Morgan fingerprint density at radius 2 is 2.00 bits per heavy atom. The summed E-state index contributed by atoms with van der Waals surface area (Å²) in [5.41, 5.74) is 0. The molecule has 92 valence electrons. The maximum Gasteiger partial charge on any atom is 0.338 e. The zero-order valence-electron chi connectivity index (χ0n) is 8.87. The fourth-order valence-corrected chi connectivity index (χ4v) is 1.58. The van der Waals surface area contributed by atoms with Crippen molar-refractivity contribution in [3.63, 3.8) is 0 Å². The van der Waals surface area contributed by atoms with Gasteiger partial charge in [-0.15, -0.1) is 0 Å². The van der Waals surface area contributed by atoms with Crippen LogP contribution < -0.4 is 0 Å². The lowest BCUT2D eigenvalue weighted by Gasteiger charge is -2.25. The van der Waals surface area contributed by atoms with E-state index in [1.165, 1.54) is 5.06 Å². The Balaban J connectivity index is 2.64. The lowest BCUT2D eigenvalue weighted by Crippen LogP contribution is -2.46. The zero-order valence-corrected chi connectivity index (χ0v) is 8.87. The maximum atomic E-state index is 10.8. The maximum absolute atomic E-state index is 10.8. The third-order valence-corrected chi connectivity index (χ3v) is 2.52. The molecule has 1 saturated heterocycles. The van der Waals surface area contributed by atoms with Crippen LogP contribution in [0.1, 0.15) is 19.8 Å². The average molecular weight is 233 g/mol. The van der Waals surface area contributed by atoms with E-state index in [1.807, 2.05) is 6.92 Å². The second-order valence-corrected chi connectivity index (χ2v) is 3.78. The van der Waals surface area contributed by atoms with Gasteiger partial charge in [-0.05, 0) is 19.8 Å². The second-order valence-electron chi connectivity index (χ2n) is 3.78. The van der Waals surface area contributed by atoms with E-state index in [0.29, 0.717) is 6.54 Å². The number of aliphatic carboxylic acids is 2. The van der Waals surface area contributed by atoms with Crippen molar-refractivity contribution in [3.8, 4) is 0 Å². The van der Waals surface area contributed by atoms with Crippen LogP contribution >= 0.6 is 0 Å². The minimum atomic E-state index is -2.06. The molecular weight excluding hydrogens is 218 g/mol. The van der Waals surface area contributed by atoms with Crippen molar-refractivity contribution in [3.05, 3.63) is 0 Å². The van der Waals surface area contributed by atoms with E-state index in [-0.39, 0.29) is 6.04 Å². The highest BCUT2D eigenvalue weighted by Gasteiger charge is 2.37. The van der Waals surface area contributed by atoms with Gasteiger partial charge in [0.05, 0.1) is 0 Å². The van der Waals surface area contributed by atoms with E-state index in [0.717, 1.165) is 12.8 Å². The van der Waals surface area contributed by atoms with Crippen molar-refractivity contribution in [1.29, 1.82) is 0 Å². The lowest BCUT2D eigenvalue weighted by atomic mass is 10.2. The minimum absolute atomic E-state index is 0.0304. The first kappa shape index (κ1) is 12.9. The normalized spacial score (nSPS) is 25.2. The molecule has 2 unspecified atom stereocenters. The summed E-state index contributed by atoms with van der Waals surface area (Å²) in [6, 6.07) is 0.0304. The summed E-state index contributed by atoms with van der Waals surface area (Å²) >= 11 is 0. The van der Waals surface area contributed by atoms with Crippen LogP contribution in [0.3, 0.4) is 0 Å². The Labute approximate surface area is 92.2 Å². The first-order chi connectivity index (χ1) is 7.43. The number of carbonyl (C=O) groups is 2. The van der Waals surface area contributed by atoms with Crippen LogP contribution in [0.5, 0.6) is 0 Å². The van der Waals surface area contributed by atoms with E-state index >= 15 is 0 Å². The van der Waals surface area contributed by atoms with Gasteiger partial charge in [0.2, 0.25) is 6.10 Å². The van der Waals surface area contributed by atoms with Crippen LogP contribution in [-0.2, 0) is 14.4 Å². The number of aliphatic hydroxyl groups excluding tert-OH is 1. The quantitative estimate of drug-likeness (QED) is 0.576. The van der Waals surface area contributed by atoms with Crippen LogP contribution in [-0.4, -0.2) is 57.1 Å². The molecule has 0 aromatic carbocycles. The van der Waals surface area contributed by atoms with E-state index in [9.17, 15) is 14.7 Å². The highest BCUT2D eigenvalue weighted by Crippen LogP contribution is 2.18. The van der Waals surface area contributed by atoms with Crippen molar-refractivity contribution >= 4 is 11.9 Å². The molecule has 0 saturated carbocycles. The summed E-state index contributed by atoms with van der Waals surface area (Å²) in [5, 5.41) is 27.9. The van der Waals surface area contributed by atoms with Crippen molar-refractivity contribution in [1.82, 2.24) is 5.06 Å². The second kappa shape index (κ2) is 5.24. The molecule has 1 aliphatic heterocycles. The fraction of sp³-hybridized carbons (Fsp3) is 0.778. The first-order valence-corrected chi connectivity index (χ1v) is 5.00.